The Morgan fingerprint density at radius 3 is 2.42 bits per heavy atom. The van der Waals surface area contributed by atoms with E-state index in [0.717, 1.165) is 10.5 Å². The first-order valence-corrected chi connectivity index (χ1v) is 6.36. The molecule has 19 heavy (non-hydrogen) atoms. The second-order valence-electron chi connectivity index (χ2n) is 4.05. The van der Waals surface area contributed by atoms with Gasteiger partial charge in [-0.05, 0) is 31.2 Å². The Morgan fingerprint density at radius 1 is 1.21 bits per heavy atom. The molecule has 2 rings (SSSR count). The van der Waals surface area contributed by atoms with Crippen molar-refractivity contribution in [2.24, 2.45) is 0 Å². The molecule has 98 valence electrons. The van der Waals surface area contributed by atoms with Crippen molar-refractivity contribution < 1.29 is 14.3 Å². The maximum absolute atomic E-state index is 13.3. The van der Waals surface area contributed by atoms with Crippen molar-refractivity contribution in [1.82, 2.24) is 0 Å². The first-order valence-electron chi connectivity index (χ1n) is 5.55. The first-order chi connectivity index (χ1) is 8.99. The smallest absolute Gasteiger partial charge is 0.339 e. The van der Waals surface area contributed by atoms with Gasteiger partial charge >= 0.3 is 5.97 Å². The predicted octanol–water partition coefficient (Wildman–Crippen LogP) is 3.57. The third-order valence-corrected chi connectivity index (χ3v) is 3.68. The average Bonchev–Trinajstić information content (AvgIpc) is 2.36. The van der Waals surface area contributed by atoms with Crippen LogP contribution in [0.3, 0.4) is 0 Å². The molecule has 0 aromatic heterocycles. The van der Waals surface area contributed by atoms with Crippen LogP contribution in [0.15, 0.2) is 46.2 Å². The minimum absolute atomic E-state index is 0.189. The van der Waals surface area contributed by atoms with Crippen LogP contribution in [0.5, 0.6) is 0 Å². The Bertz CT molecular complexity index is 626. The normalized spacial score (nSPS) is 10.4. The number of aromatic carboxylic acids is 1. The van der Waals surface area contributed by atoms with E-state index in [9.17, 15) is 9.18 Å². The average molecular weight is 277 g/mol. The molecule has 0 saturated heterocycles. The van der Waals surface area contributed by atoms with E-state index < -0.39 is 11.8 Å². The van der Waals surface area contributed by atoms with Gasteiger partial charge in [0.1, 0.15) is 5.82 Å². The van der Waals surface area contributed by atoms with Gasteiger partial charge in [0.2, 0.25) is 0 Å². The Kier molecular flexibility index (Phi) is 3.76. The fourth-order valence-corrected chi connectivity index (χ4v) is 2.57. The summed E-state index contributed by atoms with van der Waals surface area (Å²) in [5, 5.41) is 9.13. The van der Waals surface area contributed by atoms with Crippen molar-refractivity contribution in [3.05, 3.63) is 53.3 Å². The van der Waals surface area contributed by atoms with Gasteiger partial charge in [0.25, 0.3) is 0 Å². The van der Waals surface area contributed by atoms with E-state index in [1.165, 1.54) is 23.9 Å². The second kappa shape index (κ2) is 5.32. The number of hydrogen-bond acceptors (Lipinski definition) is 3. The number of nitrogen functional groups attached to an aromatic ring is 1. The molecule has 0 atom stereocenters. The number of carbonyl (C=O) groups is 1. The number of anilines is 1. The topological polar surface area (TPSA) is 63.3 Å². The van der Waals surface area contributed by atoms with E-state index in [1.807, 2.05) is 31.2 Å². The lowest BCUT2D eigenvalue weighted by molar-refractivity contribution is 0.0694. The number of benzene rings is 2. The first kappa shape index (κ1) is 13.4. The molecule has 2 aromatic rings. The zero-order valence-electron chi connectivity index (χ0n) is 10.2. The molecule has 0 heterocycles. The monoisotopic (exact) mass is 277 g/mol. The van der Waals surface area contributed by atoms with E-state index in [1.54, 1.807) is 0 Å². The number of carboxylic acid groups (broad SMARTS) is 1. The van der Waals surface area contributed by atoms with Gasteiger partial charge in [0, 0.05) is 9.79 Å². The lowest BCUT2D eigenvalue weighted by Crippen LogP contribution is -2.06. The van der Waals surface area contributed by atoms with Gasteiger partial charge in [-0.3, -0.25) is 0 Å². The SMILES string of the molecule is Cc1ccc(Sc2ccc(F)c(N)c2C(=O)O)cc1. The summed E-state index contributed by atoms with van der Waals surface area (Å²) in [5.41, 5.74) is 6.09. The van der Waals surface area contributed by atoms with Crippen molar-refractivity contribution in [3.63, 3.8) is 0 Å². The predicted molar refractivity (Wildman–Crippen MR) is 73.1 cm³/mol. The number of hydrogen-bond donors (Lipinski definition) is 2. The summed E-state index contributed by atoms with van der Waals surface area (Å²) in [4.78, 5) is 12.5. The van der Waals surface area contributed by atoms with Crippen LogP contribution in [-0.4, -0.2) is 11.1 Å². The third kappa shape index (κ3) is 2.88. The van der Waals surface area contributed by atoms with Gasteiger partial charge in [-0.1, -0.05) is 29.5 Å². The molecule has 0 amide bonds. The van der Waals surface area contributed by atoms with Crippen LogP contribution in [0.25, 0.3) is 0 Å². The maximum Gasteiger partial charge on any atom is 0.339 e. The molecule has 0 bridgehead atoms. The molecule has 0 unspecified atom stereocenters. The maximum atomic E-state index is 13.3. The van der Waals surface area contributed by atoms with Crippen LogP contribution in [0.2, 0.25) is 0 Å². The molecule has 0 radical (unpaired) electrons. The molecule has 0 aliphatic rings. The molecule has 5 heteroatoms. The summed E-state index contributed by atoms with van der Waals surface area (Å²) in [5.74, 6) is -1.95. The number of carboxylic acids is 1. The van der Waals surface area contributed by atoms with E-state index in [-0.39, 0.29) is 11.3 Å². The number of halogens is 1. The summed E-state index contributed by atoms with van der Waals surface area (Å²) in [7, 11) is 0. The van der Waals surface area contributed by atoms with Crippen LogP contribution in [0, 0.1) is 12.7 Å². The Balaban J connectivity index is 2.42. The van der Waals surface area contributed by atoms with Crippen LogP contribution in [-0.2, 0) is 0 Å². The second-order valence-corrected chi connectivity index (χ2v) is 5.17. The van der Waals surface area contributed by atoms with Crippen LogP contribution >= 0.6 is 11.8 Å². The Morgan fingerprint density at radius 2 is 1.84 bits per heavy atom. The molecule has 3 nitrogen and oxygen atoms in total. The summed E-state index contributed by atoms with van der Waals surface area (Å²) < 4.78 is 13.3. The fourth-order valence-electron chi connectivity index (χ4n) is 1.61. The van der Waals surface area contributed by atoms with Crippen LogP contribution in [0.4, 0.5) is 10.1 Å². The third-order valence-electron chi connectivity index (χ3n) is 2.62. The molecule has 3 N–H and O–H groups in total. The van der Waals surface area contributed by atoms with Crippen molar-refractivity contribution in [2.75, 3.05) is 5.73 Å². The molecular formula is C14H12FNO2S. The molecular weight excluding hydrogens is 265 g/mol. The van der Waals surface area contributed by atoms with Gasteiger partial charge in [-0.15, -0.1) is 0 Å². The van der Waals surface area contributed by atoms with Crippen LogP contribution in [0.1, 0.15) is 15.9 Å². The molecule has 2 aromatic carbocycles. The summed E-state index contributed by atoms with van der Waals surface area (Å²) in [6.07, 6.45) is 0. The highest BCUT2D eigenvalue weighted by Gasteiger charge is 2.18. The summed E-state index contributed by atoms with van der Waals surface area (Å²) in [6.45, 7) is 1.97. The highest BCUT2D eigenvalue weighted by Crippen LogP contribution is 2.34. The molecule has 0 spiro atoms. The molecule has 0 saturated carbocycles. The van der Waals surface area contributed by atoms with Crippen LogP contribution < -0.4 is 5.73 Å². The van der Waals surface area contributed by atoms with E-state index in [4.69, 9.17) is 10.8 Å². The zero-order chi connectivity index (χ0) is 14.0. The highest BCUT2D eigenvalue weighted by molar-refractivity contribution is 7.99. The standard InChI is InChI=1S/C14H12FNO2S/c1-8-2-4-9(5-3-8)19-11-7-6-10(15)13(16)12(11)14(17)18/h2-7H,16H2,1H3,(H,17,18). The van der Waals surface area contributed by atoms with Crippen molar-refractivity contribution in [2.45, 2.75) is 16.7 Å². The number of nitrogens with two attached hydrogens (primary N) is 1. The number of rotatable bonds is 3. The van der Waals surface area contributed by atoms with Gasteiger partial charge in [-0.2, -0.15) is 0 Å². The van der Waals surface area contributed by atoms with Gasteiger partial charge < -0.3 is 10.8 Å². The van der Waals surface area contributed by atoms with Gasteiger partial charge in [-0.25, -0.2) is 9.18 Å². The van der Waals surface area contributed by atoms with Crippen molar-refractivity contribution in [3.8, 4) is 0 Å². The van der Waals surface area contributed by atoms with Gasteiger partial charge in [0.15, 0.2) is 0 Å². The molecule has 0 aliphatic heterocycles. The largest absolute Gasteiger partial charge is 0.478 e. The highest BCUT2D eigenvalue weighted by atomic mass is 32.2. The summed E-state index contributed by atoms with van der Waals surface area (Å²) in [6, 6.07) is 10.2. The van der Waals surface area contributed by atoms with E-state index in [2.05, 4.69) is 0 Å². The summed E-state index contributed by atoms with van der Waals surface area (Å²) >= 11 is 1.25. The quantitative estimate of drug-likeness (QED) is 0.842. The molecule has 0 aliphatic carbocycles. The number of aryl methyl sites for hydroxylation is 1. The van der Waals surface area contributed by atoms with Gasteiger partial charge in [0.05, 0.1) is 11.3 Å². The van der Waals surface area contributed by atoms with E-state index in [0.29, 0.717) is 4.90 Å². The zero-order valence-corrected chi connectivity index (χ0v) is 11.0. The lowest BCUT2D eigenvalue weighted by atomic mass is 10.2. The Labute approximate surface area is 114 Å². The molecule has 0 fully saturated rings. The van der Waals surface area contributed by atoms with Crippen molar-refractivity contribution in [1.29, 1.82) is 0 Å². The van der Waals surface area contributed by atoms with Crippen molar-refractivity contribution >= 4 is 23.4 Å². The van der Waals surface area contributed by atoms with E-state index >= 15 is 0 Å². The Hall–Kier alpha value is -2.01. The minimum Gasteiger partial charge on any atom is -0.478 e. The lowest BCUT2D eigenvalue weighted by Gasteiger charge is -2.09. The minimum atomic E-state index is -1.23. The fraction of sp³-hybridized carbons (Fsp3) is 0.0714.